The lowest BCUT2D eigenvalue weighted by Gasteiger charge is -2.22. The summed E-state index contributed by atoms with van der Waals surface area (Å²) in [6.07, 6.45) is 5.12. The molecule has 3 heterocycles. The van der Waals surface area contributed by atoms with Crippen molar-refractivity contribution in [1.29, 1.82) is 0 Å². The molecule has 182 valence electrons. The van der Waals surface area contributed by atoms with Crippen LogP contribution in [0.1, 0.15) is 19.8 Å². The van der Waals surface area contributed by atoms with Crippen LogP contribution >= 0.6 is 11.6 Å². The molecule has 8 nitrogen and oxygen atoms in total. The molecule has 35 heavy (non-hydrogen) atoms. The molecule has 2 unspecified atom stereocenters. The van der Waals surface area contributed by atoms with E-state index in [9.17, 15) is 8.42 Å². The minimum absolute atomic E-state index is 0.0111. The Hall–Kier alpha value is -3.14. The number of hydrogen-bond donors (Lipinski definition) is 2. The van der Waals surface area contributed by atoms with Crippen molar-refractivity contribution < 1.29 is 13.2 Å². The van der Waals surface area contributed by atoms with E-state index in [1.165, 1.54) is 6.26 Å². The maximum absolute atomic E-state index is 12.0. The Labute approximate surface area is 209 Å². The summed E-state index contributed by atoms with van der Waals surface area (Å²) in [6, 6.07) is 16.4. The Morgan fingerprint density at radius 3 is 2.83 bits per heavy atom. The minimum Gasteiger partial charge on any atom is -0.487 e. The standard InChI is InChI=1S/C25H26ClN5O3S/c1-16(22-7-4-12-27-22)34-24-14-18(8-10-21(24)26)29-25-28-15-19-9-11-23(31(19)30-25)17-5-3-6-20(13-17)35(2,32)33/h3,5-6,8-11,13-16,22,27H,4,7,12H2,1-2H3,(H,29,30). The van der Waals surface area contributed by atoms with Gasteiger partial charge in [-0.1, -0.05) is 23.7 Å². The van der Waals surface area contributed by atoms with Gasteiger partial charge in [-0.25, -0.2) is 17.9 Å². The number of rotatable bonds is 7. The fourth-order valence-corrected chi connectivity index (χ4v) is 5.09. The summed E-state index contributed by atoms with van der Waals surface area (Å²) in [5, 5.41) is 11.8. The number of fused-ring (bicyclic) bond motifs is 1. The van der Waals surface area contributed by atoms with Gasteiger partial charge in [0, 0.05) is 29.6 Å². The zero-order chi connectivity index (χ0) is 24.6. The highest BCUT2D eigenvalue weighted by Gasteiger charge is 2.23. The quantitative estimate of drug-likeness (QED) is 0.370. The molecule has 2 atom stereocenters. The molecule has 0 aliphatic carbocycles. The number of hydrogen-bond acceptors (Lipinski definition) is 7. The normalized spacial score (nSPS) is 16.9. The van der Waals surface area contributed by atoms with E-state index in [2.05, 4.69) is 20.7 Å². The molecule has 2 aromatic carbocycles. The predicted octanol–water partition coefficient (Wildman–Crippen LogP) is 4.72. The summed E-state index contributed by atoms with van der Waals surface area (Å²) in [7, 11) is -3.32. The molecule has 1 saturated heterocycles. The second kappa shape index (κ2) is 9.49. The molecule has 5 rings (SSSR count). The lowest BCUT2D eigenvalue weighted by molar-refractivity contribution is 0.180. The maximum atomic E-state index is 12.0. The van der Waals surface area contributed by atoms with E-state index >= 15 is 0 Å². The van der Waals surface area contributed by atoms with Crippen LogP contribution in [0, 0.1) is 0 Å². The third-order valence-corrected chi connectivity index (χ3v) is 7.54. The van der Waals surface area contributed by atoms with Crippen molar-refractivity contribution in [2.75, 3.05) is 18.1 Å². The molecule has 1 fully saturated rings. The first-order valence-electron chi connectivity index (χ1n) is 11.4. The first-order chi connectivity index (χ1) is 16.8. The highest BCUT2D eigenvalue weighted by molar-refractivity contribution is 7.90. The summed E-state index contributed by atoms with van der Waals surface area (Å²) in [5.41, 5.74) is 3.03. The largest absolute Gasteiger partial charge is 0.487 e. The summed E-state index contributed by atoms with van der Waals surface area (Å²) in [4.78, 5) is 4.68. The van der Waals surface area contributed by atoms with Crippen LogP contribution in [0.2, 0.25) is 5.02 Å². The fourth-order valence-electron chi connectivity index (χ4n) is 4.26. The Kier molecular flexibility index (Phi) is 6.39. The Morgan fingerprint density at radius 1 is 1.20 bits per heavy atom. The molecule has 10 heteroatoms. The fraction of sp³-hybridized carbons (Fsp3) is 0.280. The van der Waals surface area contributed by atoms with Crippen LogP contribution in [0.5, 0.6) is 5.75 Å². The molecule has 1 aliphatic heterocycles. The van der Waals surface area contributed by atoms with E-state index in [0.29, 0.717) is 22.8 Å². The van der Waals surface area contributed by atoms with E-state index < -0.39 is 9.84 Å². The van der Waals surface area contributed by atoms with Crippen LogP contribution < -0.4 is 15.4 Å². The van der Waals surface area contributed by atoms with Crippen molar-refractivity contribution in [2.45, 2.75) is 36.8 Å². The molecule has 0 spiro atoms. The molecule has 1 aliphatic rings. The number of ether oxygens (including phenoxy) is 1. The van der Waals surface area contributed by atoms with Crippen molar-refractivity contribution in [2.24, 2.45) is 0 Å². The number of nitrogens with zero attached hydrogens (tertiary/aromatic N) is 3. The Morgan fingerprint density at radius 2 is 2.06 bits per heavy atom. The number of anilines is 2. The van der Waals surface area contributed by atoms with E-state index in [1.54, 1.807) is 35.0 Å². The molecule has 0 amide bonds. The van der Waals surface area contributed by atoms with E-state index in [0.717, 1.165) is 41.8 Å². The number of halogens is 1. The van der Waals surface area contributed by atoms with Crippen molar-refractivity contribution in [3.63, 3.8) is 0 Å². The molecule has 2 aromatic heterocycles. The Balaban J connectivity index is 1.42. The molecule has 0 saturated carbocycles. The first-order valence-corrected chi connectivity index (χ1v) is 13.7. The minimum atomic E-state index is -3.32. The van der Waals surface area contributed by atoms with Gasteiger partial charge >= 0.3 is 0 Å². The molecule has 0 radical (unpaired) electrons. The van der Waals surface area contributed by atoms with Crippen molar-refractivity contribution >= 4 is 38.6 Å². The first kappa shape index (κ1) is 23.6. The second-order valence-corrected chi connectivity index (χ2v) is 11.2. The lowest BCUT2D eigenvalue weighted by atomic mass is 10.1. The predicted molar refractivity (Wildman–Crippen MR) is 137 cm³/mol. The van der Waals surface area contributed by atoms with Gasteiger partial charge in [-0.2, -0.15) is 0 Å². The van der Waals surface area contributed by atoms with Crippen molar-refractivity contribution in [1.82, 2.24) is 19.9 Å². The second-order valence-electron chi connectivity index (χ2n) is 8.73. The molecule has 0 bridgehead atoms. The Bertz CT molecular complexity index is 1480. The molecular weight excluding hydrogens is 486 g/mol. The number of benzene rings is 2. The van der Waals surface area contributed by atoms with Crippen molar-refractivity contribution in [3.8, 4) is 17.0 Å². The summed E-state index contributed by atoms with van der Waals surface area (Å²) in [6.45, 7) is 3.05. The van der Waals surface area contributed by atoms with Crippen LogP contribution in [-0.4, -0.2) is 48.0 Å². The van der Waals surface area contributed by atoms with Crippen LogP contribution in [0.15, 0.2) is 65.7 Å². The average molecular weight is 512 g/mol. The lowest BCUT2D eigenvalue weighted by Crippen LogP contribution is -2.36. The van der Waals surface area contributed by atoms with E-state index in [4.69, 9.17) is 16.3 Å². The average Bonchev–Trinajstić information content (AvgIpc) is 3.51. The smallest absolute Gasteiger partial charge is 0.245 e. The molecule has 2 N–H and O–H groups in total. The third-order valence-electron chi connectivity index (χ3n) is 6.12. The van der Waals surface area contributed by atoms with Gasteiger partial charge in [0.25, 0.3) is 0 Å². The van der Waals surface area contributed by atoms with Gasteiger partial charge in [0.1, 0.15) is 11.9 Å². The van der Waals surface area contributed by atoms with Gasteiger partial charge in [-0.3, -0.25) is 0 Å². The zero-order valence-corrected chi connectivity index (χ0v) is 21.0. The number of aromatic nitrogens is 3. The number of nitrogens with one attached hydrogen (secondary N) is 2. The van der Waals surface area contributed by atoms with Crippen LogP contribution in [0.25, 0.3) is 16.8 Å². The van der Waals surface area contributed by atoms with Gasteiger partial charge in [0.2, 0.25) is 5.95 Å². The third kappa shape index (κ3) is 5.12. The van der Waals surface area contributed by atoms with Gasteiger partial charge < -0.3 is 15.4 Å². The van der Waals surface area contributed by atoms with Crippen LogP contribution in [0.3, 0.4) is 0 Å². The highest BCUT2D eigenvalue weighted by atomic mass is 35.5. The van der Waals surface area contributed by atoms with E-state index in [1.807, 2.05) is 37.3 Å². The summed E-state index contributed by atoms with van der Waals surface area (Å²) >= 11 is 6.40. The SMILES string of the molecule is CC(Oc1cc(Nc2ncc3ccc(-c4cccc(S(C)(=O)=O)c4)n3n2)ccc1Cl)C1CCCN1. The topological polar surface area (TPSA) is 97.6 Å². The number of sulfone groups is 1. The van der Waals surface area contributed by atoms with Crippen LogP contribution in [0.4, 0.5) is 11.6 Å². The highest BCUT2D eigenvalue weighted by Crippen LogP contribution is 2.31. The van der Waals surface area contributed by atoms with Gasteiger partial charge in [0.15, 0.2) is 9.84 Å². The van der Waals surface area contributed by atoms with Gasteiger partial charge in [-0.15, -0.1) is 5.10 Å². The summed E-state index contributed by atoms with van der Waals surface area (Å²) in [5.74, 6) is 0.978. The monoisotopic (exact) mass is 511 g/mol. The molecular formula is C25H26ClN5O3S. The maximum Gasteiger partial charge on any atom is 0.245 e. The zero-order valence-electron chi connectivity index (χ0n) is 19.4. The van der Waals surface area contributed by atoms with Crippen molar-refractivity contribution in [3.05, 3.63) is 65.8 Å². The summed E-state index contributed by atoms with van der Waals surface area (Å²) < 4.78 is 31.9. The van der Waals surface area contributed by atoms with Crippen LogP contribution in [-0.2, 0) is 9.84 Å². The van der Waals surface area contributed by atoms with Gasteiger partial charge in [0.05, 0.1) is 27.3 Å². The van der Waals surface area contributed by atoms with E-state index in [-0.39, 0.29) is 11.0 Å². The van der Waals surface area contributed by atoms with Gasteiger partial charge in [-0.05, 0) is 62.7 Å². The molecule has 4 aromatic rings.